The van der Waals surface area contributed by atoms with Crippen LogP contribution < -0.4 is 0 Å². The fourth-order valence-corrected chi connectivity index (χ4v) is 2.96. The zero-order valence-corrected chi connectivity index (χ0v) is 11.4. The molecule has 0 atom stereocenters. The van der Waals surface area contributed by atoms with Gasteiger partial charge in [0.2, 0.25) is 0 Å². The molecule has 3 heteroatoms. The number of aromatic nitrogens is 2. The molecule has 2 aromatic heterocycles. The lowest BCUT2D eigenvalue weighted by Gasteiger charge is -1.96. The van der Waals surface area contributed by atoms with E-state index in [0.29, 0.717) is 0 Å². The minimum Gasteiger partial charge on any atom is -0.237 e. The molecule has 0 N–H and O–H groups in total. The Hall–Kier alpha value is -1.48. The fraction of sp³-hybridized carbons (Fsp3) is 0.286. The first-order chi connectivity index (χ1) is 8.25. The first-order valence-electron chi connectivity index (χ1n) is 5.88. The van der Waals surface area contributed by atoms with E-state index in [9.17, 15) is 0 Å². The smallest absolute Gasteiger partial charge is 0.126 e. The molecule has 0 spiro atoms. The van der Waals surface area contributed by atoms with Gasteiger partial charge in [0.25, 0.3) is 0 Å². The van der Waals surface area contributed by atoms with Crippen LogP contribution in [0.3, 0.4) is 0 Å². The third-order valence-corrected chi connectivity index (χ3v) is 3.77. The van der Waals surface area contributed by atoms with Gasteiger partial charge in [-0.2, -0.15) is 0 Å². The summed E-state index contributed by atoms with van der Waals surface area (Å²) in [6.07, 6.45) is 0. The van der Waals surface area contributed by atoms with E-state index in [2.05, 4.69) is 34.2 Å². The SMILES string of the molecule is CC.Cc1nc(C)c2sc3ccccc3c2n1. The highest BCUT2D eigenvalue weighted by Gasteiger charge is 2.08. The molecule has 0 amide bonds. The van der Waals surface area contributed by atoms with Gasteiger partial charge in [-0.05, 0) is 19.9 Å². The maximum Gasteiger partial charge on any atom is 0.126 e. The normalized spacial score (nSPS) is 10.4. The second-order valence-electron chi connectivity index (χ2n) is 3.63. The van der Waals surface area contributed by atoms with Gasteiger partial charge in [0.05, 0.1) is 15.9 Å². The molecular formula is C14H16N2S. The molecule has 0 unspecified atom stereocenters. The standard InChI is InChI=1S/C12H10N2S.C2H6/c1-7-12-11(14-8(2)13-7)9-5-3-4-6-10(9)15-12;1-2/h3-6H,1-2H3;1-2H3. The third-order valence-electron chi connectivity index (χ3n) is 2.50. The molecule has 0 aliphatic rings. The molecule has 88 valence electrons. The van der Waals surface area contributed by atoms with Crippen molar-refractivity contribution in [1.82, 2.24) is 9.97 Å². The molecule has 2 heterocycles. The van der Waals surface area contributed by atoms with Gasteiger partial charge in [-0.25, -0.2) is 9.97 Å². The molecule has 0 bridgehead atoms. The summed E-state index contributed by atoms with van der Waals surface area (Å²) >= 11 is 1.77. The maximum atomic E-state index is 4.52. The van der Waals surface area contributed by atoms with E-state index < -0.39 is 0 Å². The predicted octanol–water partition coefficient (Wildman–Crippen LogP) is 4.49. The number of nitrogens with zero attached hydrogens (tertiary/aromatic N) is 2. The highest BCUT2D eigenvalue weighted by Crippen LogP contribution is 2.33. The average Bonchev–Trinajstić information content (AvgIpc) is 2.71. The zero-order valence-electron chi connectivity index (χ0n) is 10.6. The van der Waals surface area contributed by atoms with E-state index >= 15 is 0 Å². The Morgan fingerprint density at radius 2 is 1.71 bits per heavy atom. The lowest BCUT2D eigenvalue weighted by atomic mass is 10.2. The van der Waals surface area contributed by atoms with Crippen molar-refractivity contribution in [2.45, 2.75) is 27.7 Å². The van der Waals surface area contributed by atoms with Crippen LogP contribution in [0.5, 0.6) is 0 Å². The third kappa shape index (κ3) is 2.03. The maximum absolute atomic E-state index is 4.52. The highest BCUT2D eigenvalue weighted by atomic mass is 32.1. The molecule has 0 aliphatic heterocycles. The van der Waals surface area contributed by atoms with Gasteiger partial charge in [0, 0.05) is 10.1 Å². The molecule has 3 rings (SSSR count). The summed E-state index contributed by atoms with van der Waals surface area (Å²) in [4.78, 5) is 8.92. The van der Waals surface area contributed by atoms with Gasteiger partial charge in [-0.3, -0.25) is 0 Å². The van der Waals surface area contributed by atoms with E-state index in [0.717, 1.165) is 17.0 Å². The molecule has 0 saturated carbocycles. The summed E-state index contributed by atoms with van der Waals surface area (Å²) < 4.78 is 2.50. The Kier molecular flexibility index (Phi) is 3.38. The van der Waals surface area contributed by atoms with E-state index in [-0.39, 0.29) is 0 Å². The number of hydrogen-bond donors (Lipinski definition) is 0. The molecule has 0 fully saturated rings. The van der Waals surface area contributed by atoms with Gasteiger partial charge in [-0.15, -0.1) is 11.3 Å². The van der Waals surface area contributed by atoms with Crippen LogP contribution in [-0.4, -0.2) is 9.97 Å². The molecule has 2 nitrogen and oxygen atoms in total. The van der Waals surface area contributed by atoms with Gasteiger partial charge < -0.3 is 0 Å². The van der Waals surface area contributed by atoms with Gasteiger partial charge in [-0.1, -0.05) is 32.0 Å². The summed E-state index contributed by atoms with van der Waals surface area (Å²) in [5.74, 6) is 0.851. The topological polar surface area (TPSA) is 25.8 Å². The lowest BCUT2D eigenvalue weighted by molar-refractivity contribution is 1.06. The van der Waals surface area contributed by atoms with Crippen molar-refractivity contribution < 1.29 is 0 Å². The van der Waals surface area contributed by atoms with Crippen LogP contribution in [0.15, 0.2) is 24.3 Å². The predicted molar refractivity (Wildman–Crippen MR) is 75.7 cm³/mol. The number of rotatable bonds is 0. The van der Waals surface area contributed by atoms with Crippen LogP contribution in [-0.2, 0) is 0 Å². The Balaban J connectivity index is 0.000000514. The average molecular weight is 244 g/mol. The van der Waals surface area contributed by atoms with Crippen LogP contribution in [0.4, 0.5) is 0 Å². The molecule has 17 heavy (non-hydrogen) atoms. The van der Waals surface area contributed by atoms with Crippen molar-refractivity contribution >= 4 is 31.6 Å². The largest absolute Gasteiger partial charge is 0.237 e. The van der Waals surface area contributed by atoms with Crippen molar-refractivity contribution in [1.29, 1.82) is 0 Å². The van der Waals surface area contributed by atoms with Gasteiger partial charge >= 0.3 is 0 Å². The minimum atomic E-state index is 0.851. The molecule has 0 aliphatic carbocycles. The van der Waals surface area contributed by atoms with Crippen molar-refractivity contribution in [2.24, 2.45) is 0 Å². The quantitative estimate of drug-likeness (QED) is 0.582. The molecule has 3 aromatic rings. The number of benzene rings is 1. The van der Waals surface area contributed by atoms with Gasteiger partial charge in [0.1, 0.15) is 5.82 Å². The monoisotopic (exact) mass is 244 g/mol. The van der Waals surface area contributed by atoms with Crippen LogP contribution >= 0.6 is 11.3 Å². The van der Waals surface area contributed by atoms with Crippen molar-refractivity contribution in [3.8, 4) is 0 Å². The number of thiophene rings is 1. The summed E-state index contributed by atoms with van der Waals surface area (Å²) in [7, 11) is 0. The van der Waals surface area contributed by atoms with Crippen molar-refractivity contribution in [3.63, 3.8) is 0 Å². The van der Waals surface area contributed by atoms with Crippen molar-refractivity contribution in [2.75, 3.05) is 0 Å². The highest BCUT2D eigenvalue weighted by molar-refractivity contribution is 7.25. The fourth-order valence-electron chi connectivity index (χ4n) is 1.87. The Labute approximate surface area is 105 Å². The van der Waals surface area contributed by atoms with E-state index in [1.165, 1.54) is 14.8 Å². The van der Waals surface area contributed by atoms with Crippen molar-refractivity contribution in [3.05, 3.63) is 35.8 Å². The first-order valence-corrected chi connectivity index (χ1v) is 6.70. The Morgan fingerprint density at radius 1 is 1.00 bits per heavy atom. The number of aryl methyl sites for hydroxylation is 2. The van der Waals surface area contributed by atoms with E-state index in [4.69, 9.17) is 0 Å². The summed E-state index contributed by atoms with van der Waals surface area (Å²) in [5.41, 5.74) is 2.18. The summed E-state index contributed by atoms with van der Waals surface area (Å²) in [5, 5.41) is 1.24. The van der Waals surface area contributed by atoms with Crippen LogP contribution in [0, 0.1) is 13.8 Å². The second-order valence-corrected chi connectivity index (χ2v) is 4.68. The van der Waals surface area contributed by atoms with Gasteiger partial charge in [0.15, 0.2) is 0 Å². The molecule has 1 aromatic carbocycles. The number of hydrogen-bond acceptors (Lipinski definition) is 3. The van der Waals surface area contributed by atoms with Crippen LogP contribution in [0.2, 0.25) is 0 Å². The van der Waals surface area contributed by atoms with Crippen LogP contribution in [0.25, 0.3) is 20.3 Å². The first kappa shape index (κ1) is 12.0. The molecular weight excluding hydrogens is 228 g/mol. The number of fused-ring (bicyclic) bond motifs is 3. The van der Waals surface area contributed by atoms with E-state index in [1.54, 1.807) is 11.3 Å². The zero-order chi connectivity index (χ0) is 12.4. The molecule has 0 saturated heterocycles. The summed E-state index contributed by atoms with van der Waals surface area (Å²) in [6.45, 7) is 7.99. The second kappa shape index (κ2) is 4.80. The van der Waals surface area contributed by atoms with E-state index in [1.807, 2.05) is 27.7 Å². The van der Waals surface area contributed by atoms with Crippen LogP contribution in [0.1, 0.15) is 25.4 Å². The Morgan fingerprint density at radius 3 is 2.47 bits per heavy atom. The Bertz CT molecular complexity index is 656. The molecule has 0 radical (unpaired) electrons. The lowest BCUT2D eigenvalue weighted by Crippen LogP contribution is -1.89. The minimum absolute atomic E-state index is 0.851. The summed E-state index contributed by atoms with van der Waals surface area (Å²) in [6, 6.07) is 8.38.